The lowest BCUT2D eigenvalue weighted by Crippen LogP contribution is -2.15. The second-order valence-electron chi connectivity index (χ2n) is 5.77. The van der Waals surface area contributed by atoms with E-state index < -0.39 is 11.7 Å². The highest BCUT2D eigenvalue weighted by molar-refractivity contribution is 6.09. The lowest BCUT2D eigenvalue weighted by atomic mass is 9.95. The standard InChI is InChI=1S/C19H16BF2N3O2/c20-9-13-2-1-3-14(8-13)18(26)24-17-16(22)10-23-19(25-17)27-11-12-4-6-15(21)7-5-12/h1-8,10H,9,11,20H2,(H,23,24,25,26). The van der Waals surface area contributed by atoms with Crippen LogP contribution in [0, 0.1) is 11.6 Å². The molecule has 5 nitrogen and oxygen atoms in total. The van der Waals surface area contributed by atoms with E-state index >= 15 is 0 Å². The van der Waals surface area contributed by atoms with Gasteiger partial charge in [-0.2, -0.15) is 4.98 Å². The van der Waals surface area contributed by atoms with Crippen LogP contribution in [-0.4, -0.2) is 23.7 Å². The van der Waals surface area contributed by atoms with Crippen LogP contribution in [0.1, 0.15) is 21.5 Å². The van der Waals surface area contributed by atoms with Crippen molar-refractivity contribution in [1.29, 1.82) is 0 Å². The van der Waals surface area contributed by atoms with E-state index in [0.29, 0.717) is 11.1 Å². The third-order valence-corrected chi connectivity index (χ3v) is 3.83. The largest absolute Gasteiger partial charge is 0.459 e. The molecule has 8 heteroatoms. The molecule has 136 valence electrons. The molecule has 0 unspecified atom stereocenters. The molecule has 0 aliphatic carbocycles. The van der Waals surface area contributed by atoms with Gasteiger partial charge in [-0.3, -0.25) is 4.79 Å². The maximum absolute atomic E-state index is 14.0. The Morgan fingerprint density at radius 3 is 2.63 bits per heavy atom. The van der Waals surface area contributed by atoms with Crippen molar-refractivity contribution in [3.05, 3.63) is 83.1 Å². The number of amides is 1. The lowest BCUT2D eigenvalue weighted by molar-refractivity contribution is 0.102. The molecule has 3 aromatic rings. The van der Waals surface area contributed by atoms with E-state index in [-0.39, 0.29) is 24.3 Å². The van der Waals surface area contributed by atoms with Gasteiger partial charge in [0, 0.05) is 5.56 Å². The van der Waals surface area contributed by atoms with Crippen molar-refractivity contribution in [2.45, 2.75) is 12.9 Å². The number of ether oxygens (including phenoxy) is 1. The predicted molar refractivity (Wildman–Crippen MR) is 99.4 cm³/mol. The second-order valence-corrected chi connectivity index (χ2v) is 5.77. The number of carbonyl (C=O) groups is 1. The van der Waals surface area contributed by atoms with Gasteiger partial charge in [-0.1, -0.05) is 36.1 Å². The molecule has 27 heavy (non-hydrogen) atoms. The number of aromatic nitrogens is 2. The number of anilines is 1. The molecule has 0 atom stereocenters. The van der Waals surface area contributed by atoms with Gasteiger partial charge in [0.1, 0.15) is 20.3 Å². The van der Waals surface area contributed by atoms with E-state index in [0.717, 1.165) is 18.1 Å². The van der Waals surface area contributed by atoms with E-state index in [4.69, 9.17) is 4.74 Å². The van der Waals surface area contributed by atoms with Crippen molar-refractivity contribution in [2.24, 2.45) is 0 Å². The van der Waals surface area contributed by atoms with Crippen LogP contribution < -0.4 is 10.1 Å². The van der Waals surface area contributed by atoms with Gasteiger partial charge in [0.05, 0.1) is 6.20 Å². The Kier molecular flexibility index (Phi) is 5.75. The molecule has 2 aromatic carbocycles. The fraction of sp³-hybridized carbons (Fsp3) is 0.105. The van der Waals surface area contributed by atoms with Crippen molar-refractivity contribution in [1.82, 2.24) is 9.97 Å². The van der Waals surface area contributed by atoms with Gasteiger partial charge < -0.3 is 10.1 Å². The van der Waals surface area contributed by atoms with Crippen LogP contribution in [-0.2, 0) is 12.9 Å². The summed E-state index contributed by atoms with van der Waals surface area (Å²) in [5, 5.41) is 2.43. The van der Waals surface area contributed by atoms with Gasteiger partial charge in [-0.05, 0) is 29.8 Å². The molecular weight excluding hydrogens is 351 g/mol. The molecule has 0 bridgehead atoms. The molecule has 0 spiro atoms. The van der Waals surface area contributed by atoms with Crippen LogP contribution in [0.2, 0.25) is 0 Å². The molecule has 0 radical (unpaired) electrons. The minimum atomic E-state index is -0.774. The Balaban J connectivity index is 1.70. The van der Waals surface area contributed by atoms with Crippen LogP contribution >= 0.6 is 0 Å². The average molecular weight is 367 g/mol. The van der Waals surface area contributed by atoms with Crippen molar-refractivity contribution in [3.8, 4) is 6.01 Å². The number of rotatable bonds is 6. The Morgan fingerprint density at radius 2 is 1.89 bits per heavy atom. The first kappa shape index (κ1) is 18.5. The molecular formula is C19H16BF2N3O2. The topological polar surface area (TPSA) is 64.1 Å². The zero-order valence-corrected chi connectivity index (χ0v) is 14.6. The van der Waals surface area contributed by atoms with E-state index in [1.807, 2.05) is 13.9 Å². The van der Waals surface area contributed by atoms with Crippen molar-refractivity contribution >= 4 is 19.6 Å². The highest BCUT2D eigenvalue weighted by Crippen LogP contribution is 2.16. The van der Waals surface area contributed by atoms with E-state index in [1.54, 1.807) is 30.3 Å². The number of nitrogens with zero attached hydrogens (tertiary/aromatic N) is 2. The molecule has 0 aliphatic heterocycles. The molecule has 0 saturated heterocycles. The van der Waals surface area contributed by atoms with Crippen LogP contribution in [0.5, 0.6) is 6.01 Å². The smallest absolute Gasteiger partial charge is 0.318 e. The van der Waals surface area contributed by atoms with E-state index in [1.165, 1.54) is 12.1 Å². The van der Waals surface area contributed by atoms with Crippen molar-refractivity contribution in [3.63, 3.8) is 0 Å². The zero-order valence-electron chi connectivity index (χ0n) is 14.6. The van der Waals surface area contributed by atoms with Crippen molar-refractivity contribution < 1.29 is 18.3 Å². The third-order valence-electron chi connectivity index (χ3n) is 3.83. The average Bonchev–Trinajstić information content (AvgIpc) is 2.69. The summed E-state index contributed by atoms with van der Waals surface area (Å²) in [6.45, 7) is 0.0812. The lowest BCUT2D eigenvalue weighted by Gasteiger charge is -2.09. The quantitative estimate of drug-likeness (QED) is 0.681. The summed E-state index contributed by atoms with van der Waals surface area (Å²) < 4.78 is 32.3. The summed E-state index contributed by atoms with van der Waals surface area (Å²) in [4.78, 5) is 20.0. The summed E-state index contributed by atoms with van der Waals surface area (Å²) in [5.41, 5.74) is 2.10. The monoisotopic (exact) mass is 367 g/mol. The SMILES string of the molecule is BCc1cccc(C(=O)Nc2nc(OCc3ccc(F)cc3)ncc2F)c1. The number of halogens is 2. The summed E-state index contributed by atoms with van der Waals surface area (Å²) >= 11 is 0. The highest BCUT2D eigenvalue weighted by Gasteiger charge is 2.13. The third kappa shape index (κ3) is 4.87. The normalized spacial score (nSPS) is 10.4. The number of hydrogen-bond donors (Lipinski definition) is 1. The summed E-state index contributed by atoms with van der Waals surface area (Å²) in [6, 6.07) is 12.7. The summed E-state index contributed by atoms with van der Waals surface area (Å²) in [5.74, 6) is -1.88. The second kappa shape index (κ2) is 8.40. The number of nitrogens with one attached hydrogen (secondary N) is 1. The maximum Gasteiger partial charge on any atom is 0.318 e. The van der Waals surface area contributed by atoms with Crippen LogP contribution in [0.4, 0.5) is 14.6 Å². The highest BCUT2D eigenvalue weighted by atomic mass is 19.1. The van der Waals surface area contributed by atoms with Gasteiger partial charge in [0.15, 0.2) is 11.6 Å². The number of benzene rings is 2. The van der Waals surface area contributed by atoms with Gasteiger partial charge >= 0.3 is 6.01 Å². The molecule has 0 aliphatic rings. The molecule has 1 N–H and O–H groups in total. The van der Waals surface area contributed by atoms with Crippen LogP contribution in [0.15, 0.2) is 54.7 Å². The zero-order chi connectivity index (χ0) is 19.2. The van der Waals surface area contributed by atoms with E-state index in [2.05, 4.69) is 15.3 Å². The first-order chi connectivity index (χ1) is 13.0. The van der Waals surface area contributed by atoms with Gasteiger partial charge in [-0.25, -0.2) is 13.8 Å². The number of carbonyl (C=O) groups excluding carboxylic acids is 1. The fourth-order valence-electron chi connectivity index (χ4n) is 2.35. The molecule has 1 aromatic heterocycles. The Morgan fingerprint density at radius 1 is 1.11 bits per heavy atom. The molecule has 1 amide bonds. The minimum Gasteiger partial charge on any atom is -0.459 e. The van der Waals surface area contributed by atoms with Crippen LogP contribution in [0.25, 0.3) is 0 Å². The molecule has 0 saturated carbocycles. The first-order valence-corrected chi connectivity index (χ1v) is 8.35. The molecule has 1 heterocycles. The van der Waals surface area contributed by atoms with Gasteiger partial charge in [0.25, 0.3) is 5.91 Å². The summed E-state index contributed by atoms with van der Waals surface area (Å²) in [6.07, 6.45) is 1.70. The Bertz CT molecular complexity index is 952. The Hall–Kier alpha value is -3.29. The summed E-state index contributed by atoms with van der Waals surface area (Å²) in [7, 11) is 1.98. The first-order valence-electron chi connectivity index (χ1n) is 8.35. The fourth-order valence-corrected chi connectivity index (χ4v) is 2.35. The number of hydrogen-bond acceptors (Lipinski definition) is 4. The molecule has 3 rings (SSSR count). The molecule has 0 fully saturated rings. The van der Waals surface area contributed by atoms with Crippen molar-refractivity contribution in [2.75, 3.05) is 5.32 Å². The van der Waals surface area contributed by atoms with Gasteiger partial charge in [0.2, 0.25) is 0 Å². The van der Waals surface area contributed by atoms with Gasteiger partial charge in [-0.15, -0.1) is 0 Å². The predicted octanol–water partition coefficient (Wildman–Crippen LogP) is 2.72. The van der Waals surface area contributed by atoms with Crippen LogP contribution in [0.3, 0.4) is 0 Å². The Labute approximate surface area is 155 Å². The van der Waals surface area contributed by atoms with E-state index in [9.17, 15) is 13.6 Å². The maximum atomic E-state index is 14.0. The minimum absolute atomic E-state index is 0.0812.